The predicted octanol–water partition coefficient (Wildman–Crippen LogP) is 5.42. The van der Waals surface area contributed by atoms with Crippen LogP contribution in [0, 0.1) is 0 Å². The number of para-hydroxylation sites is 1. The van der Waals surface area contributed by atoms with E-state index in [9.17, 15) is 4.79 Å². The molecule has 0 spiro atoms. The van der Waals surface area contributed by atoms with Crippen LogP contribution >= 0.6 is 0 Å². The van der Waals surface area contributed by atoms with E-state index in [1.807, 2.05) is 66.7 Å². The lowest BCUT2D eigenvalue weighted by molar-refractivity contribution is 0.0598. The average molecular weight is 407 g/mol. The minimum absolute atomic E-state index is 0.326. The highest BCUT2D eigenvalue weighted by Crippen LogP contribution is 2.34. The number of fused-ring (bicyclic) bond motifs is 2. The third-order valence-corrected chi connectivity index (χ3v) is 4.95. The third-order valence-electron chi connectivity index (χ3n) is 4.95. The standard InChI is InChI=1S/C25H17N3O3/c1-30-25(29)20-13-16-7-2-3-8-17(16)14-22(20)31-24-19-10-4-5-11-21(19)27-23(28-24)18-9-6-12-26-15-18/h2-15H,1H3. The molecule has 150 valence electrons. The van der Waals surface area contributed by atoms with E-state index in [-0.39, 0.29) is 0 Å². The fraction of sp³-hybridized carbons (Fsp3) is 0.0400. The van der Waals surface area contributed by atoms with Gasteiger partial charge in [-0.1, -0.05) is 36.4 Å². The van der Waals surface area contributed by atoms with Crippen molar-refractivity contribution >= 4 is 27.6 Å². The van der Waals surface area contributed by atoms with E-state index in [0.29, 0.717) is 23.0 Å². The topological polar surface area (TPSA) is 74.2 Å². The first-order valence-electron chi connectivity index (χ1n) is 9.69. The minimum Gasteiger partial charge on any atom is -0.465 e. The normalized spacial score (nSPS) is 10.9. The van der Waals surface area contributed by atoms with Crippen molar-refractivity contribution in [3.8, 4) is 23.0 Å². The molecule has 0 bridgehead atoms. The number of ether oxygens (including phenoxy) is 2. The van der Waals surface area contributed by atoms with E-state index in [0.717, 1.165) is 27.2 Å². The molecule has 0 atom stereocenters. The van der Waals surface area contributed by atoms with Gasteiger partial charge in [0.05, 0.1) is 18.0 Å². The van der Waals surface area contributed by atoms with Crippen LogP contribution in [0.3, 0.4) is 0 Å². The molecular formula is C25H17N3O3. The Balaban J connectivity index is 1.70. The summed E-state index contributed by atoms with van der Waals surface area (Å²) in [5.74, 6) is 0.727. The number of rotatable bonds is 4. The third kappa shape index (κ3) is 3.55. The second kappa shape index (κ2) is 7.84. The van der Waals surface area contributed by atoms with Crippen LogP contribution in [0.4, 0.5) is 0 Å². The highest BCUT2D eigenvalue weighted by atomic mass is 16.5. The Morgan fingerprint density at radius 2 is 1.65 bits per heavy atom. The van der Waals surface area contributed by atoms with Gasteiger partial charge in [0, 0.05) is 18.0 Å². The molecule has 0 N–H and O–H groups in total. The summed E-state index contributed by atoms with van der Waals surface area (Å²) < 4.78 is 11.2. The fourth-order valence-electron chi connectivity index (χ4n) is 3.43. The van der Waals surface area contributed by atoms with Crippen molar-refractivity contribution in [2.75, 3.05) is 7.11 Å². The van der Waals surface area contributed by atoms with Gasteiger partial charge in [0.15, 0.2) is 5.82 Å². The molecule has 2 aromatic heterocycles. The molecule has 3 aromatic carbocycles. The predicted molar refractivity (Wildman–Crippen MR) is 118 cm³/mol. The maximum Gasteiger partial charge on any atom is 0.341 e. The van der Waals surface area contributed by atoms with Crippen LogP contribution in [0.1, 0.15) is 10.4 Å². The first kappa shape index (κ1) is 18.7. The van der Waals surface area contributed by atoms with Crippen LogP contribution < -0.4 is 4.74 Å². The summed E-state index contributed by atoms with van der Waals surface area (Å²) in [6.07, 6.45) is 3.39. The molecule has 5 aromatic rings. The summed E-state index contributed by atoms with van der Waals surface area (Å²) in [6.45, 7) is 0. The smallest absolute Gasteiger partial charge is 0.341 e. The van der Waals surface area contributed by atoms with Crippen molar-refractivity contribution in [3.63, 3.8) is 0 Å². The average Bonchev–Trinajstić information content (AvgIpc) is 2.83. The van der Waals surface area contributed by atoms with Crippen molar-refractivity contribution in [2.24, 2.45) is 0 Å². The molecule has 0 aliphatic carbocycles. The molecular weight excluding hydrogens is 390 g/mol. The molecule has 0 amide bonds. The fourth-order valence-corrected chi connectivity index (χ4v) is 3.43. The maximum atomic E-state index is 12.5. The Bertz CT molecular complexity index is 1420. The zero-order valence-corrected chi connectivity index (χ0v) is 16.6. The SMILES string of the molecule is COC(=O)c1cc2ccccc2cc1Oc1nc(-c2cccnc2)nc2ccccc12. The van der Waals surface area contributed by atoms with E-state index in [2.05, 4.69) is 15.0 Å². The molecule has 2 heterocycles. The van der Waals surface area contributed by atoms with Crippen LogP contribution in [0.15, 0.2) is 85.2 Å². The second-order valence-electron chi connectivity index (χ2n) is 6.90. The summed E-state index contributed by atoms with van der Waals surface area (Å²) in [5.41, 5.74) is 1.82. The van der Waals surface area contributed by atoms with Gasteiger partial charge in [0.2, 0.25) is 5.88 Å². The molecule has 0 saturated heterocycles. The van der Waals surface area contributed by atoms with Gasteiger partial charge in [-0.15, -0.1) is 0 Å². The lowest BCUT2D eigenvalue weighted by Gasteiger charge is -2.13. The Morgan fingerprint density at radius 3 is 2.42 bits per heavy atom. The number of nitrogens with zero attached hydrogens (tertiary/aromatic N) is 3. The van der Waals surface area contributed by atoms with E-state index >= 15 is 0 Å². The summed E-state index contributed by atoms with van der Waals surface area (Å²) in [6, 6.07) is 22.6. The molecule has 0 fully saturated rings. The Morgan fingerprint density at radius 1 is 0.871 bits per heavy atom. The number of pyridine rings is 1. The highest BCUT2D eigenvalue weighted by Gasteiger charge is 2.18. The molecule has 0 saturated carbocycles. The molecule has 0 unspecified atom stereocenters. The van der Waals surface area contributed by atoms with Crippen LogP contribution in [-0.2, 0) is 4.74 Å². The van der Waals surface area contributed by atoms with Crippen molar-refractivity contribution in [3.05, 3.63) is 90.8 Å². The Kier molecular flexibility index (Phi) is 4.72. The lowest BCUT2D eigenvalue weighted by Crippen LogP contribution is -2.05. The van der Waals surface area contributed by atoms with Crippen molar-refractivity contribution in [1.82, 2.24) is 15.0 Å². The quantitative estimate of drug-likeness (QED) is 0.370. The second-order valence-corrected chi connectivity index (χ2v) is 6.90. The van der Waals surface area contributed by atoms with Crippen LogP contribution in [-0.4, -0.2) is 28.0 Å². The summed E-state index contributed by atoms with van der Waals surface area (Å²) in [4.78, 5) is 25.9. The van der Waals surface area contributed by atoms with Crippen LogP contribution in [0.5, 0.6) is 11.6 Å². The largest absolute Gasteiger partial charge is 0.465 e. The number of hydrogen-bond donors (Lipinski definition) is 0. The van der Waals surface area contributed by atoms with Gasteiger partial charge in [-0.3, -0.25) is 4.98 Å². The van der Waals surface area contributed by atoms with Gasteiger partial charge in [0.1, 0.15) is 11.3 Å². The lowest BCUT2D eigenvalue weighted by atomic mass is 10.1. The van der Waals surface area contributed by atoms with Gasteiger partial charge < -0.3 is 9.47 Å². The first-order chi connectivity index (χ1) is 15.2. The molecule has 6 nitrogen and oxygen atoms in total. The van der Waals surface area contributed by atoms with Gasteiger partial charge in [-0.25, -0.2) is 9.78 Å². The van der Waals surface area contributed by atoms with E-state index in [1.165, 1.54) is 7.11 Å². The number of hydrogen-bond acceptors (Lipinski definition) is 6. The number of aromatic nitrogens is 3. The number of esters is 1. The number of benzene rings is 3. The summed E-state index contributed by atoms with van der Waals surface area (Å²) in [5, 5.41) is 2.59. The van der Waals surface area contributed by atoms with Gasteiger partial charge in [-0.05, 0) is 47.2 Å². The van der Waals surface area contributed by atoms with E-state index in [4.69, 9.17) is 9.47 Å². The Hall–Kier alpha value is -4.32. The van der Waals surface area contributed by atoms with Crippen molar-refractivity contribution in [2.45, 2.75) is 0 Å². The van der Waals surface area contributed by atoms with Crippen LogP contribution in [0.2, 0.25) is 0 Å². The van der Waals surface area contributed by atoms with E-state index < -0.39 is 5.97 Å². The molecule has 31 heavy (non-hydrogen) atoms. The summed E-state index contributed by atoms with van der Waals surface area (Å²) >= 11 is 0. The van der Waals surface area contributed by atoms with Crippen LogP contribution in [0.25, 0.3) is 33.1 Å². The number of carbonyl (C=O) groups is 1. The molecule has 5 rings (SSSR count). The monoisotopic (exact) mass is 407 g/mol. The zero-order valence-electron chi connectivity index (χ0n) is 16.6. The molecule has 0 aliphatic rings. The number of methoxy groups -OCH3 is 1. The number of carbonyl (C=O) groups excluding carboxylic acids is 1. The highest BCUT2D eigenvalue weighted by molar-refractivity contribution is 5.99. The van der Waals surface area contributed by atoms with Gasteiger partial charge in [-0.2, -0.15) is 4.98 Å². The maximum absolute atomic E-state index is 12.5. The van der Waals surface area contributed by atoms with Crippen molar-refractivity contribution in [1.29, 1.82) is 0 Å². The molecule has 0 radical (unpaired) electrons. The minimum atomic E-state index is -0.480. The first-order valence-corrected chi connectivity index (χ1v) is 9.69. The van der Waals surface area contributed by atoms with Gasteiger partial charge in [0.25, 0.3) is 0 Å². The van der Waals surface area contributed by atoms with E-state index in [1.54, 1.807) is 18.5 Å². The van der Waals surface area contributed by atoms with Crippen molar-refractivity contribution < 1.29 is 14.3 Å². The molecule has 0 aliphatic heterocycles. The Labute approximate surface area is 178 Å². The van der Waals surface area contributed by atoms with Gasteiger partial charge >= 0.3 is 5.97 Å². The molecule has 6 heteroatoms. The zero-order chi connectivity index (χ0) is 21.2. The summed E-state index contributed by atoms with van der Waals surface area (Å²) in [7, 11) is 1.35.